The molecule has 6 nitrogen and oxygen atoms in total. The Hall–Kier alpha value is -2.93. The van der Waals surface area contributed by atoms with Gasteiger partial charge in [-0.15, -0.1) is 0 Å². The van der Waals surface area contributed by atoms with Gasteiger partial charge in [-0.2, -0.15) is 5.10 Å². The van der Waals surface area contributed by atoms with Crippen LogP contribution in [0, 0.1) is 12.7 Å². The summed E-state index contributed by atoms with van der Waals surface area (Å²) in [6, 6.07) is 11.6. The minimum Gasteiger partial charge on any atom is -0.339 e. The highest BCUT2D eigenvalue weighted by atomic mass is 35.5. The molecule has 1 fully saturated rings. The van der Waals surface area contributed by atoms with Gasteiger partial charge in [0.05, 0.1) is 11.3 Å². The first-order chi connectivity index (χ1) is 13.9. The molecular weight excluding hydrogens is 395 g/mol. The summed E-state index contributed by atoms with van der Waals surface area (Å²) in [4.78, 5) is 26.6. The first kappa shape index (κ1) is 19.4. The number of piperidine rings is 1. The van der Waals surface area contributed by atoms with Crippen LogP contribution >= 0.6 is 11.6 Å². The number of nitrogens with zero attached hydrogens (tertiary/aromatic N) is 3. The van der Waals surface area contributed by atoms with E-state index < -0.39 is 5.82 Å². The van der Waals surface area contributed by atoms with Crippen molar-refractivity contribution >= 4 is 17.5 Å². The van der Waals surface area contributed by atoms with Crippen molar-refractivity contribution in [2.45, 2.75) is 25.7 Å². The average molecular weight is 415 g/mol. The molecule has 0 unspecified atom stereocenters. The third-order valence-electron chi connectivity index (χ3n) is 5.30. The van der Waals surface area contributed by atoms with Crippen molar-refractivity contribution in [3.05, 3.63) is 80.7 Å². The molecule has 1 amide bonds. The molecule has 0 radical (unpaired) electrons. The number of carbonyl (C=O) groups is 1. The lowest BCUT2D eigenvalue weighted by molar-refractivity contribution is 0.0706. The van der Waals surface area contributed by atoms with Gasteiger partial charge in [0.2, 0.25) is 0 Å². The summed E-state index contributed by atoms with van der Waals surface area (Å²) in [5, 5.41) is 7.09. The van der Waals surface area contributed by atoms with Crippen LogP contribution in [-0.4, -0.2) is 38.7 Å². The number of H-pyrrole nitrogens is 1. The number of carbonyl (C=O) groups excluding carboxylic acids is 1. The number of nitrogens with one attached hydrogen (secondary N) is 1. The molecule has 0 spiro atoms. The van der Waals surface area contributed by atoms with Gasteiger partial charge in [-0.05, 0) is 50.1 Å². The Morgan fingerprint density at radius 1 is 1.17 bits per heavy atom. The second-order valence-corrected chi connectivity index (χ2v) is 7.68. The van der Waals surface area contributed by atoms with Gasteiger partial charge in [-0.25, -0.2) is 18.9 Å². The fourth-order valence-electron chi connectivity index (χ4n) is 3.70. The van der Waals surface area contributed by atoms with Gasteiger partial charge in [0.15, 0.2) is 0 Å². The largest absolute Gasteiger partial charge is 0.347 e. The lowest BCUT2D eigenvalue weighted by Crippen LogP contribution is -2.39. The highest BCUT2D eigenvalue weighted by Crippen LogP contribution is 2.28. The van der Waals surface area contributed by atoms with Crippen LogP contribution in [-0.2, 0) is 0 Å². The molecule has 8 heteroatoms. The maximum Gasteiger partial charge on any atom is 0.347 e. The monoisotopic (exact) mass is 414 g/mol. The Balaban J connectivity index is 1.52. The second kappa shape index (κ2) is 7.83. The molecule has 1 saturated heterocycles. The zero-order valence-electron chi connectivity index (χ0n) is 15.9. The predicted molar refractivity (Wildman–Crippen MR) is 108 cm³/mol. The Bertz CT molecular complexity index is 1100. The van der Waals surface area contributed by atoms with Crippen molar-refractivity contribution in [2.75, 3.05) is 13.1 Å². The van der Waals surface area contributed by atoms with Gasteiger partial charge >= 0.3 is 5.69 Å². The molecule has 1 aromatic heterocycles. The van der Waals surface area contributed by atoms with E-state index in [-0.39, 0.29) is 23.1 Å². The van der Waals surface area contributed by atoms with Crippen molar-refractivity contribution in [1.29, 1.82) is 0 Å². The molecule has 2 aromatic carbocycles. The lowest BCUT2D eigenvalue weighted by Gasteiger charge is -2.31. The number of likely N-dealkylation sites (tertiary alicyclic amines) is 1. The molecule has 0 atom stereocenters. The lowest BCUT2D eigenvalue weighted by atomic mass is 9.95. The molecule has 0 aliphatic carbocycles. The van der Waals surface area contributed by atoms with E-state index in [1.54, 1.807) is 9.47 Å². The van der Waals surface area contributed by atoms with Crippen LogP contribution in [0.2, 0.25) is 5.02 Å². The predicted octanol–water partition coefficient (Wildman–Crippen LogP) is 3.68. The molecular formula is C21H20ClFN4O2. The SMILES string of the molecule is Cc1ccc(-n2c(C3CCN(C(=O)c4cc(Cl)ccc4F)CC3)n[nH]c2=O)cc1. The molecule has 0 saturated carbocycles. The molecule has 1 aliphatic rings. The van der Waals surface area contributed by atoms with E-state index in [1.807, 2.05) is 31.2 Å². The molecule has 2 heterocycles. The first-order valence-electron chi connectivity index (χ1n) is 9.42. The summed E-state index contributed by atoms with van der Waals surface area (Å²) in [6.07, 6.45) is 1.26. The topological polar surface area (TPSA) is 71.0 Å². The molecule has 150 valence electrons. The number of halogens is 2. The minimum atomic E-state index is -0.581. The Kier molecular flexibility index (Phi) is 5.24. The number of hydrogen-bond acceptors (Lipinski definition) is 3. The smallest absolute Gasteiger partial charge is 0.339 e. The van der Waals surface area contributed by atoms with Crippen LogP contribution in [0.4, 0.5) is 4.39 Å². The number of hydrogen-bond donors (Lipinski definition) is 1. The number of aromatic nitrogens is 3. The highest BCUT2D eigenvalue weighted by Gasteiger charge is 2.29. The van der Waals surface area contributed by atoms with Gasteiger partial charge in [-0.3, -0.25) is 4.79 Å². The zero-order valence-corrected chi connectivity index (χ0v) is 16.6. The molecule has 0 bridgehead atoms. The third-order valence-corrected chi connectivity index (χ3v) is 5.53. The number of aromatic amines is 1. The Morgan fingerprint density at radius 3 is 2.55 bits per heavy atom. The van der Waals surface area contributed by atoms with Crippen molar-refractivity contribution in [3.63, 3.8) is 0 Å². The first-order valence-corrected chi connectivity index (χ1v) is 9.80. The zero-order chi connectivity index (χ0) is 20.5. The molecule has 29 heavy (non-hydrogen) atoms. The highest BCUT2D eigenvalue weighted by molar-refractivity contribution is 6.31. The maximum absolute atomic E-state index is 14.0. The third kappa shape index (κ3) is 3.82. The van der Waals surface area contributed by atoms with Crippen LogP contribution in [0.15, 0.2) is 47.3 Å². The van der Waals surface area contributed by atoms with Crippen molar-refractivity contribution in [2.24, 2.45) is 0 Å². The van der Waals surface area contributed by atoms with Crippen molar-refractivity contribution in [3.8, 4) is 5.69 Å². The van der Waals surface area contributed by atoms with Crippen LogP contribution in [0.5, 0.6) is 0 Å². The van der Waals surface area contributed by atoms with Gasteiger partial charge in [0, 0.05) is 24.0 Å². The van der Waals surface area contributed by atoms with E-state index >= 15 is 0 Å². The summed E-state index contributed by atoms with van der Waals surface area (Å²) < 4.78 is 15.6. The van der Waals surface area contributed by atoms with Crippen molar-refractivity contribution in [1.82, 2.24) is 19.7 Å². The number of aryl methyl sites for hydroxylation is 1. The average Bonchev–Trinajstić information content (AvgIpc) is 3.11. The fraction of sp³-hybridized carbons (Fsp3) is 0.286. The molecule has 3 aromatic rings. The van der Waals surface area contributed by atoms with E-state index in [0.29, 0.717) is 36.8 Å². The molecule has 4 rings (SSSR count). The van der Waals surface area contributed by atoms with E-state index in [9.17, 15) is 14.0 Å². The summed E-state index contributed by atoms with van der Waals surface area (Å²) in [6.45, 7) is 2.88. The van der Waals surface area contributed by atoms with Crippen LogP contribution < -0.4 is 5.69 Å². The Labute approximate surface area is 171 Å². The van der Waals surface area contributed by atoms with E-state index in [0.717, 1.165) is 11.3 Å². The Morgan fingerprint density at radius 2 is 1.86 bits per heavy atom. The summed E-state index contributed by atoms with van der Waals surface area (Å²) in [5.74, 6) is -0.285. The van der Waals surface area contributed by atoms with Gasteiger partial charge in [-0.1, -0.05) is 29.3 Å². The molecule has 1 N–H and O–H groups in total. The quantitative estimate of drug-likeness (QED) is 0.710. The van der Waals surface area contributed by atoms with Gasteiger partial charge in [0.1, 0.15) is 11.6 Å². The maximum atomic E-state index is 14.0. The number of amides is 1. The molecule has 1 aliphatic heterocycles. The van der Waals surface area contributed by atoms with Crippen LogP contribution in [0.3, 0.4) is 0 Å². The van der Waals surface area contributed by atoms with E-state index in [1.165, 1.54) is 18.2 Å². The van der Waals surface area contributed by atoms with Crippen LogP contribution in [0.1, 0.15) is 40.5 Å². The summed E-state index contributed by atoms with van der Waals surface area (Å²) in [7, 11) is 0. The number of rotatable bonds is 3. The van der Waals surface area contributed by atoms with Crippen LogP contribution in [0.25, 0.3) is 5.69 Å². The standard InChI is InChI=1S/C21H20ClFN4O2/c1-13-2-5-16(6-3-13)27-19(24-25-21(27)29)14-8-10-26(11-9-14)20(28)17-12-15(22)4-7-18(17)23/h2-7,12,14H,8-11H2,1H3,(H,25,29). The van der Waals surface area contributed by atoms with E-state index in [2.05, 4.69) is 10.2 Å². The minimum absolute atomic E-state index is 0.0171. The van der Waals surface area contributed by atoms with E-state index in [4.69, 9.17) is 11.6 Å². The van der Waals surface area contributed by atoms with Crippen molar-refractivity contribution < 1.29 is 9.18 Å². The normalized spacial score (nSPS) is 14.9. The fourth-order valence-corrected chi connectivity index (χ4v) is 3.87. The second-order valence-electron chi connectivity index (χ2n) is 7.25. The number of benzene rings is 2. The van der Waals surface area contributed by atoms with Gasteiger partial charge in [0.25, 0.3) is 5.91 Å². The summed E-state index contributed by atoms with van der Waals surface area (Å²) >= 11 is 5.91. The van der Waals surface area contributed by atoms with Gasteiger partial charge < -0.3 is 4.90 Å². The summed E-state index contributed by atoms with van der Waals surface area (Å²) in [5.41, 5.74) is 1.55.